The van der Waals surface area contributed by atoms with E-state index in [1.54, 1.807) is 12.1 Å². The third kappa shape index (κ3) is 5.34. The lowest BCUT2D eigenvalue weighted by Crippen LogP contribution is -2.34. The van der Waals surface area contributed by atoms with E-state index < -0.39 is 15.9 Å². The summed E-state index contributed by atoms with van der Waals surface area (Å²) < 4.78 is 31.7. The smallest absolute Gasteiger partial charge is 0.255 e. The number of nitrogens with one attached hydrogen (secondary N) is 2. The van der Waals surface area contributed by atoms with Crippen LogP contribution in [-0.2, 0) is 10.0 Å². The normalized spacial score (nSPS) is 11.2. The Morgan fingerprint density at radius 1 is 1.04 bits per heavy atom. The first-order valence-electron chi connectivity index (χ1n) is 7.20. The van der Waals surface area contributed by atoms with Crippen LogP contribution in [0.5, 0.6) is 5.75 Å². The number of carbonyl (C=O) groups excluding carboxylic acids is 1. The van der Waals surface area contributed by atoms with Gasteiger partial charge in [-0.15, -0.1) is 0 Å². The highest BCUT2D eigenvalue weighted by atomic mass is 35.5. The van der Waals surface area contributed by atoms with E-state index in [0.29, 0.717) is 15.8 Å². The Labute approximate surface area is 156 Å². The second kappa shape index (κ2) is 8.53. The fraction of sp³-hybridized carbons (Fsp3) is 0.188. The average molecular weight is 403 g/mol. The van der Waals surface area contributed by atoms with Gasteiger partial charge in [-0.2, -0.15) is 0 Å². The maximum atomic E-state index is 12.2. The van der Waals surface area contributed by atoms with Crippen molar-refractivity contribution in [3.05, 3.63) is 58.1 Å². The van der Waals surface area contributed by atoms with Gasteiger partial charge in [-0.05, 0) is 42.5 Å². The first-order chi connectivity index (χ1) is 11.8. The van der Waals surface area contributed by atoms with Gasteiger partial charge in [0, 0.05) is 23.1 Å². The standard InChI is InChI=1S/C16H16Cl2N2O4S/c1-24-15-7-4-12(18)10-14(15)16(21)19-8-9-20-25(22,23)13-5-2-11(17)3-6-13/h2-7,10,20H,8-9H2,1H3,(H,19,21). The molecule has 25 heavy (non-hydrogen) atoms. The molecule has 1 amide bonds. The molecule has 134 valence electrons. The maximum Gasteiger partial charge on any atom is 0.255 e. The highest BCUT2D eigenvalue weighted by molar-refractivity contribution is 7.89. The molecule has 6 nitrogen and oxygen atoms in total. The lowest BCUT2D eigenvalue weighted by atomic mass is 10.2. The van der Waals surface area contributed by atoms with Crippen molar-refractivity contribution in [2.45, 2.75) is 4.90 Å². The van der Waals surface area contributed by atoms with Crippen molar-refractivity contribution in [1.82, 2.24) is 10.0 Å². The van der Waals surface area contributed by atoms with Gasteiger partial charge in [0.1, 0.15) is 5.75 Å². The van der Waals surface area contributed by atoms with Crippen molar-refractivity contribution in [2.24, 2.45) is 0 Å². The molecule has 0 atom stereocenters. The molecule has 0 saturated heterocycles. The van der Waals surface area contributed by atoms with Crippen LogP contribution in [0, 0.1) is 0 Å². The zero-order valence-corrected chi connectivity index (χ0v) is 15.6. The van der Waals surface area contributed by atoms with E-state index in [1.807, 2.05) is 0 Å². The highest BCUT2D eigenvalue weighted by Crippen LogP contribution is 2.22. The minimum Gasteiger partial charge on any atom is -0.496 e. The Morgan fingerprint density at radius 2 is 1.68 bits per heavy atom. The van der Waals surface area contributed by atoms with Crippen LogP contribution in [0.4, 0.5) is 0 Å². The van der Waals surface area contributed by atoms with Crippen molar-refractivity contribution < 1.29 is 17.9 Å². The number of ether oxygens (including phenoxy) is 1. The number of rotatable bonds is 7. The Bertz CT molecular complexity index is 855. The SMILES string of the molecule is COc1ccc(Cl)cc1C(=O)NCCNS(=O)(=O)c1ccc(Cl)cc1. The topological polar surface area (TPSA) is 84.5 Å². The van der Waals surface area contributed by atoms with Crippen LogP contribution in [-0.4, -0.2) is 34.5 Å². The molecule has 0 bridgehead atoms. The fourth-order valence-corrected chi connectivity index (χ4v) is 3.34. The predicted octanol–water partition coefficient (Wildman–Crippen LogP) is 2.71. The summed E-state index contributed by atoms with van der Waals surface area (Å²) in [5.41, 5.74) is 0.274. The molecule has 0 spiro atoms. The summed E-state index contributed by atoms with van der Waals surface area (Å²) in [6, 6.07) is 10.5. The molecule has 2 N–H and O–H groups in total. The summed E-state index contributed by atoms with van der Waals surface area (Å²) in [5, 5.41) is 3.45. The van der Waals surface area contributed by atoms with Crippen molar-refractivity contribution in [3.63, 3.8) is 0 Å². The largest absolute Gasteiger partial charge is 0.496 e. The summed E-state index contributed by atoms with van der Waals surface area (Å²) in [5.74, 6) is -0.0336. The number of sulfonamides is 1. The predicted molar refractivity (Wildman–Crippen MR) is 97.0 cm³/mol. The molecule has 9 heteroatoms. The Balaban J connectivity index is 1.91. The molecule has 0 radical (unpaired) electrons. The molecule has 2 aromatic carbocycles. The van der Waals surface area contributed by atoms with Crippen molar-refractivity contribution in [1.29, 1.82) is 0 Å². The van der Waals surface area contributed by atoms with E-state index in [9.17, 15) is 13.2 Å². The molecule has 0 aromatic heterocycles. The van der Waals surface area contributed by atoms with Gasteiger partial charge in [-0.25, -0.2) is 13.1 Å². The maximum absolute atomic E-state index is 12.2. The lowest BCUT2D eigenvalue weighted by Gasteiger charge is -2.10. The zero-order valence-electron chi connectivity index (χ0n) is 13.3. The summed E-state index contributed by atoms with van der Waals surface area (Å²) in [6.07, 6.45) is 0. The molecule has 2 aromatic rings. The number of amides is 1. The molecule has 0 heterocycles. The van der Waals surface area contributed by atoms with Gasteiger partial charge in [0.05, 0.1) is 17.6 Å². The summed E-state index contributed by atoms with van der Waals surface area (Å²) in [6.45, 7) is 0.126. The van der Waals surface area contributed by atoms with Gasteiger partial charge in [0.2, 0.25) is 10.0 Å². The molecule has 0 aliphatic rings. The molecule has 0 aliphatic heterocycles. The summed E-state index contributed by atoms with van der Waals surface area (Å²) >= 11 is 11.6. The first kappa shape index (κ1) is 19.5. The number of halogens is 2. The number of hydrogen-bond donors (Lipinski definition) is 2. The van der Waals surface area contributed by atoms with Gasteiger partial charge in [0.15, 0.2) is 0 Å². The van der Waals surface area contributed by atoms with Crippen LogP contribution in [0.3, 0.4) is 0 Å². The lowest BCUT2D eigenvalue weighted by molar-refractivity contribution is 0.0951. The number of methoxy groups -OCH3 is 1. The van der Waals surface area contributed by atoms with Crippen LogP contribution >= 0.6 is 23.2 Å². The van der Waals surface area contributed by atoms with Crippen LogP contribution in [0.25, 0.3) is 0 Å². The van der Waals surface area contributed by atoms with Crippen molar-refractivity contribution in [3.8, 4) is 5.75 Å². The van der Waals surface area contributed by atoms with Crippen molar-refractivity contribution >= 4 is 39.1 Å². The molecular formula is C16H16Cl2N2O4S. The molecule has 2 rings (SSSR count). The molecule has 0 saturated carbocycles. The number of carbonyl (C=O) groups is 1. The summed E-state index contributed by atoms with van der Waals surface area (Å²) in [4.78, 5) is 12.3. The quantitative estimate of drug-likeness (QED) is 0.697. The molecule has 0 aliphatic carbocycles. The minimum absolute atomic E-state index is 0.0274. The number of benzene rings is 2. The molecule has 0 unspecified atom stereocenters. The van der Waals surface area contributed by atoms with Gasteiger partial charge >= 0.3 is 0 Å². The van der Waals surface area contributed by atoms with E-state index in [4.69, 9.17) is 27.9 Å². The van der Waals surface area contributed by atoms with Crippen molar-refractivity contribution in [2.75, 3.05) is 20.2 Å². The summed E-state index contributed by atoms with van der Waals surface area (Å²) in [7, 11) is -2.22. The van der Waals surface area contributed by atoms with Gasteiger partial charge in [-0.3, -0.25) is 4.79 Å². The van der Waals surface area contributed by atoms with Crippen LogP contribution in [0.2, 0.25) is 10.0 Å². The third-order valence-corrected chi connectivity index (χ3v) is 5.20. The van der Waals surface area contributed by atoms with Gasteiger partial charge < -0.3 is 10.1 Å². The van der Waals surface area contributed by atoms with E-state index in [1.165, 1.54) is 37.4 Å². The zero-order chi connectivity index (χ0) is 18.4. The number of hydrogen-bond acceptors (Lipinski definition) is 4. The first-order valence-corrected chi connectivity index (χ1v) is 9.44. The molecule has 0 fully saturated rings. The van der Waals surface area contributed by atoms with Gasteiger partial charge in [-0.1, -0.05) is 23.2 Å². The van der Waals surface area contributed by atoms with E-state index in [0.717, 1.165) is 0 Å². The third-order valence-electron chi connectivity index (χ3n) is 3.23. The van der Waals surface area contributed by atoms with Crippen LogP contribution < -0.4 is 14.8 Å². The second-order valence-corrected chi connectivity index (χ2v) is 7.59. The Hall–Kier alpha value is -1.80. The van der Waals surface area contributed by atoms with E-state index in [-0.39, 0.29) is 23.5 Å². The fourth-order valence-electron chi connectivity index (χ4n) is 2.01. The monoisotopic (exact) mass is 402 g/mol. The second-order valence-electron chi connectivity index (χ2n) is 4.95. The molecular weight excluding hydrogens is 387 g/mol. The average Bonchev–Trinajstić information content (AvgIpc) is 2.59. The van der Waals surface area contributed by atoms with E-state index >= 15 is 0 Å². The Morgan fingerprint density at radius 3 is 2.32 bits per heavy atom. The minimum atomic E-state index is -3.66. The highest BCUT2D eigenvalue weighted by Gasteiger charge is 2.15. The van der Waals surface area contributed by atoms with Gasteiger partial charge in [0.25, 0.3) is 5.91 Å². The Kier molecular flexibility index (Phi) is 6.66. The van der Waals surface area contributed by atoms with Crippen LogP contribution in [0.15, 0.2) is 47.4 Å². The van der Waals surface area contributed by atoms with E-state index in [2.05, 4.69) is 10.0 Å². The van der Waals surface area contributed by atoms with Crippen LogP contribution in [0.1, 0.15) is 10.4 Å².